The van der Waals surface area contributed by atoms with Crippen LogP contribution in [0.2, 0.25) is 0 Å². The predicted molar refractivity (Wildman–Crippen MR) is 444 cm³/mol. The first-order valence-electron chi connectivity index (χ1n) is 46.9. The summed E-state index contributed by atoms with van der Waals surface area (Å²) in [4.78, 5) is 7.36. The first-order valence-corrected chi connectivity index (χ1v) is 46.9. The van der Waals surface area contributed by atoms with Crippen LogP contribution in [0.4, 0.5) is 0 Å². The molecule has 0 aromatic rings. The van der Waals surface area contributed by atoms with Crippen LogP contribution in [0.3, 0.4) is 0 Å². The van der Waals surface area contributed by atoms with Gasteiger partial charge in [0.25, 0.3) is 0 Å². The van der Waals surface area contributed by atoms with E-state index in [1.807, 2.05) is 0 Å². The van der Waals surface area contributed by atoms with E-state index < -0.39 is 0 Å². The minimum absolute atomic E-state index is 0.440. The number of ether oxygens (including phenoxy) is 4. The lowest BCUT2D eigenvalue weighted by molar-refractivity contribution is -0.0661. The molecular weight excluding hydrogens is 1280 g/mol. The molecule has 11 fully saturated rings. The molecule has 105 heavy (non-hydrogen) atoms. The second kappa shape index (κ2) is 36.6. The number of fused-ring (bicyclic) bond motifs is 15. The zero-order chi connectivity index (χ0) is 74.5. The van der Waals surface area contributed by atoms with E-state index in [0.29, 0.717) is 50.8 Å². The van der Waals surface area contributed by atoms with Gasteiger partial charge in [-0.15, -0.1) is 0 Å². The standard InChI is InChI=1S/C33H57NO2.C33H57NO.C32H57NO/c1-24(2)7-6-8-25(3)29-11-12-30-28-10-9-26-23-27(36-22-19-34-17-20-35-21-18-34)13-15-32(26,4)31(28)14-16-33(29,30)5;1-24(2)9-8-10-25(3)29-13-14-30-28-12-11-26-23-27(35-22-21-34-19-6-7-20-34)15-17-32(26,4)31(28)16-18-33(29,30)5;1-23(2)10-8-11-24(3)28-14-15-29-27-13-12-25-22-26(34-21-9-20-33(6)7)16-18-31(25,4)30(27)17-19-32(28,29)5/h9,24-25,27-31H,6-8,10-23H2,1-5H3;11,24-25,27-31H,6-10,12-23H2,1-5H3;12,23-24,26-30H,8-11,13-22H2,1-7H3/t2*25-,27+,28+,29-,30+,31+,32+,33-;24-,26+,27+,28-,29+,30+,31+,32-/m111/s1. The molecule has 0 N–H and O–H groups in total. The highest BCUT2D eigenvalue weighted by Gasteiger charge is 2.63. The Balaban J connectivity index is 0.000000148. The molecule has 0 radical (unpaired) electrons. The molecule has 0 amide bonds. The lowest BCUT2D eigenvalue weighted by Gasteiger charge is -2.58. The molecule has 0 spiro atoms. The van der Waals surface area contributed by atoms with E-state index >= 15 is 0 Å². The van der Waals surface area contributed by atoms with Gasteiger partial charge in [0.05, 0.1) is 44.7 Å². The molecule has 0 unspecified atom stereocenters. The van der Waals surface area contributed by atoms with Crippen LogP contribution in [-0.2, 0) is 18.9 Å². The largest absolute Gasteiger partial charge is 0.379 e. The van der Waals surface area contributed by atoms with Gasteiger partial charge in [0, 0.05) is 32.8 Å². The third-order valence-electron chi connectivity index (χ3n) is 35.7. The second-order valence-corrected chi connectivity index (χ2v) is 43.2. The van der Waals surface area contributed by atoms with Crippen molar-refractivity contribution in [2.24, 2.45) is 139 Å². The number of likely N-dealkylation sites (tertiary alicyclic amines) is 1. The van der Waals surface area contributed by atoms with Gasteiger partial charge in [-0.1, -0.05) is 197 Å². The third-order valence-corrected chi connectivity index (χ3v) is 35.7. The number of allylic oxidation sites excluding steroid dienone is 3. The van der Waals surface area contributed by atoms with Crippen LogP contribution in [0.25, 0.3) is 0 Å². The molecule has 2 saturated heterocycles. The van der Waals surface area contributed by atoms with Crippen molar-refractivity contribution in [3.8, 4) is 0 Å². The van der Waals surface area contributed by atoms with E-state index in [-0.39, 0.29) is 0 Å². The quantitative estimate of drug-likeness (QED) is 0.0571. The van der Waals surface area contributed by atoms with Gasteiger partial charge < -0.3 is 28.7 Å². The number of hydrogen-bond donors (Lipinski definition) is 0. The summed E-state index contributed by atoms with van der Waals surface area (Å²) in [6.45, 7) is 50.9. The maximum absolute atomic E-state index is 6.47. The van der Waals surface area contributed by atoms with Crippen LogP contribution in [-0.4, -0.2) is 126 Å². The molecule has 14 rings (SSSR count). The summed E-state index contributed by atoms with van der Waals surface area (Å²) in [5, 5.41) is 0. The van der Waals surface area contributed by atoms with E-state index in [4.69, 9.17) is 18.9 Å². The molecule has 2 aliphatic heterocycles. The summed E-state index contributed by atoms with van der Waals surface area (Å²) >= 11 is 0. The van der Waals surface area contributed by atoms with Gasteiger partial charge in [0.15, 0.2) is 0 Å². The van der Waals surface area contributed by atoms with Gasteiger partial charge in [-0.25, -0.2) is 0 Å². The van der Waals surface area contributed by atoms with Crippen molar-refractivity contribution >= 4 is 0 Å². The highest BCUT2D eigenvalue weighted by Crippen LogP contribution is 2.71. The van der Waals surface area contributed by atoms with Crippen LogP contribution in [0.15, 0.2) is 34.9 Å². The summed E-state index contributed by atoms with van der Waals surface area (Å²) in [7, 11) is 4.31. The van der Waals surface area contributed by atoms with E-state index in [1.165, 1.54) is 238 Å². The Morgan fingerprint density at radius 1 is 0.390 bits per heavy atom. The van der Waals surface area contributed by atoms with Gasteiger partial charge in [-0.2, -0.15) is 0 Å². The van der Waals surface area contributed by atoms with Crippen molar-refractivity contribution in [3.63, 3.8) is 0 Å². The normalized spacial score (nSPS) is 41.7. The van der Waals surface area contributed by atoms with Gasteiger partial charge in [0.1, 0.15) is 0 Å². The molecule has 0 aromatic carbocycles. The Bertz CT molecular complexity index is 2770. The van der Waals surface area contributed by atoms with Gasteiger partial charge in [0.2, 0.25) is 0 Å². The van der Waals surface area contributed by atoms with Crippen LogP contribution >= 0.6 is 0 Å². The minimum atomic E-state index is 0.440. The second-order valence-electron chi connectivity index (χ2n) is 43.2. The van der Waals surface area contributed by atoms with E-state index in [1.54, 1.807) is 16.7 Å². The maximum Gasteiger partial charge on any atom is 0.0613 e. The fraction of sp³-hybridized carbons (Fsp3) is 0.939. The van der Waals surface area contributed by atoms with E-state index in [0.717, 1.165) is 179 Å². The number of morpholine rings is 1. The van der Waals surface area contributed by atoms with Crippen LogP contribution in [0, 0.1) is 139 Å². The maximum atomic E-state index is 6.47. The molecule has 7 nitrogen and oxygen atoms in total. The average Bonchev–Trinajstić information content (AvgIpc) is 1.67. The molecular formula is C98H171N3O4. The molecule has 2 heterocycles. The van der Waals surface area contributed by atoms with Crippen molar-refractivity contribution in [3.05, 3.63) is 34.9 Å². The van der Waals surface area contributed by atoms with E-state index in [2.05, 4.69) is 151 Å². The number of nitrogens with zero attached hydrogens (tertiary/aromatic N) is 3. The Labute approximate surface area is 650 Å². The third kappa shape index (κ3) is 18.7. The molecule has 0 bridgehead atoms. The summed E-state index contributed by atoms with van der Waals surface area (Å²) in [6.07, 6.45) is 59.9. The summed E-state index contributed by atoms with van der Waals surface area (Å²) in [5.74, 6) is 16.7. The molecule has 602 valence electrons. The highest BCUT2D eigenvalue weighted by molar-refractivity contribution is 5.29. The smallest absolute Gasteiger partial charge is 0.0613 e. The Morgan fingerprint density at radius 2 is 0.724 bits per heavy atom. The molecule has 14 aliphatic rings. The van der Waals surface area contributed by atoms with Crippen molar-refractivity contribution in [2.75, 3.05) is 92.9 Å². The average molecular weight is 1460 g/mol. The Kier molecular flexibility index (Phi) is 29.1. The van der Waals surface area contributed by atoms with Gasteiger partial charge in [-0.05, 0) is 346 Å². The summed E-state index contributed by atoms with van der Waals surface area (Å²) in [5.41, 5.74) is 8.49. The molecule has 12 aliphatic carbocycles. The van der Waals surface area contributed by atoms with Crippen molar-refractivity contribution in [2.45, 2.75) is 353 Å². The SMILES string of the molecule is CC(C)CCC[C@@H](C)[C@H]1CC[C@H]2[C@@H]3CC=C4C[C@@H](OCCCN(C)C)CC[C@]4(C)[C@H]3CC[C@]12C.CC(C)CCC[C@@H](C)[C@H]1CC[C@H]2[C@@H]3CC=C4C[C@@H](OCCN5CCCC5)CC[C@]4(C)[C@H]3CC[C@]12C.CC(C)CCC[C@@H](C)[C@H]1CC[C@H]2[C@@H]3CC=C4C[C@@H](OCCN5CCOCC5)CC[C@]4(C)[C@H]3CC[C@]12C. The topological polar surface area (TPSA) is 46.6 Å². The Morgan fingerprint density at radius 3 is 1.06 bits per heavy atom. The van der Waals surface area contributed by atoms with Crippen molar-refractivity contribution < 1.29 is 18.9 Å². The Hall–Kier alpha value is -1.06. The zero-order valence-electron chi connectivity index (χ0n) is 72.3. The lowest BCUT2D eigenvalue weighted by atomic mass is 9.47. The van der Waals surface area contributed by atoms with Gasteiger partial charge >= 0.3 is 0 Å². The fourth-order valence-electron chi connectivity index (χ4n) is 29.5. The van der Waals surface area contributed by atoms with E-state index in [9.17, 15) is 0 Å². The zero-order valence-corrected chi connectivity index (χ0v) is 72.3. The van der Waals surface area contributed by atoms with Crippen LogP contribution in [0.5, 0.6) is 0 Å². The van der Waals surface area contributed by atoms with Crippen LogP contribution < -0.4 is 0 Å². The van der Waals surface area contributed by atoms with Gasteiger partial charge in [-0.3, -0.25) is 4.90 Å². The van der Waals surface area contributed by atoms with Crippen LogP contribution in [0.1, 0.15) is 335 Å². The molecule has 7 heteroatoms. The predicted octanol–water partition coefficient (Wildman–Crippen LogP) is 24.6. The molecule has 0 aromatic heterocycles. The first-order chi connectivity index (χ1) is 50.3. The monoisotopic (exact) mass is 1450 g/mol. The number of hydrogen-bond acceptors (Lipinski definition) is 7. The molecule has 9 saturated carbocycles. The summed E-state index contributed by atoms with van der Waals surface area (Å²) < 4.78 is 24.8. The summed E-state index contributed by atoms with van der Waals surface area (Å²) in [6, 6.07) is 0. The fourth-order valence-corrected chi connectivity index (χ4v) is 29.5. The van der Waals surface area contributed by atoms with Crippen molar-refractivity contribution in [1.29, 1.82) is 0 Å². The first kappa shape index (κ1) is 83.4. The number of rotatable bonds is 28. The molecule has 24 atom stereocenters. The minimum Gasteiger partial charge on any atom is -0.379 e. The van der Waals surface area contributed by atoms with Crippen molar-refractivity contribution in [1.82, 2.24) is 14.7 Å². The lowest BCUT2D eigenvalue weighted by Crippen LogP contribution is -2.51. The highest BCUT2D eigenvalue weighted by atomic mass is 16.5.